The summed E-state index contributed by atoms with van der Waals surface area (Å²) >= 11 is 0. The molecule has 0 saturated heterocycles. The zero-order valence-corrected chi connectivity index (χ0v) is 14.1. The number of ether oxygens (including phenoxy) is 1. The molecule has 2 unspecified atom stereocenters. The fraction of sp³-hybridized carbons (Fsp3) is 0.316. The Bertz CT molecular complexity index is 693. The third-order valence-electron chi connectivity index (χ3n) is 3.88. The number of hydrogen-bond donors (Lipinski definition) is 2. The van der Waals surface area contributed by atoms with Crippen molar-refractivity contribution in [3.8, 4) is 0 Å². The maximum Gasteiger partial charge on any atom is 0.231 e. The lowest BCUT2D eigenvalue weighted by Crippen LogP contribution is -2.30. The molecule has 4 nitrogen and oxygen atoms in total. The van der Waals surface area contributed by atoms with E-state index in [1.54, 1.807) is 12.2 Å². The summed E-state index contributed by atoms with van der Waals surface area (Å²) in [6.07, 6.45) is 6.28. The molecule has 0 aromatic heterocycles. The summed E-state index contributed by atoms with van der Waals surface area (Å²) in [6.45, 7) is 6.05. The van der Waals surface area contributed by atoms with Crippen molar-refractivity contribution in [3.63, 3.8) is 0 Å². The van der Waals surface area contributed by atoms with Crippen molar-refractivity contribution in [2.24, 2.45) is 11.7 Å². The Morgan fingerprint density at radius 1 is 1.36 bits per heavy atom. The van der Waals surface area contributed by atoms with Crippen molar-refractivity contribution in [2.75, 3.05) is 6.54 Å². The maximum absolute atomic E-state index is 13.2. The number of carbonyl (C=O) groups excluding carboxylic acids is 1. The molecule has 2 rings (SSSR count). The highest BCUT2D eigenvalue weighted by Crippen LogP contribution is 2.37. The number of halogens is 2. The minimum atomic E-state index is -0.632. The van der Waals surface area contributed by atoms with Crippen LogP contribution in [0.25, 0.3) is 0 Å². The van der Waals surface area contributed by atoms with Crippen LogP contribution in [0.15, 0.2) is 54.3 Å². The third-order valence-corrected chi connectivity index (χ3v) is 3.88. The predicted octanol–water partition coefficient (Wildman–Crippen LogP) is 2.96. The van der Waals surface area contributed by atoms with E-state index in [9.17, 15) is 13.6 Å². The average molecular weight is 348 g/mol. The molecule has 3 N–H and O–H groups in total. The second-order valence-electron chi connectivity index (χ2n) is 5.96. The Morgan fingerprint density at radius 2 is 2.04 bits per heavy atom. The van der Waals surface area contributed by atoms with E-state index < -0.39 is 11.6 Å². The van der Waals surface area contributed by atoms with Crippen LogP contribution in [0.1, 0.15) is 18.9 Å². The Hall–Kier alpha value is -2.47. The van der Waals surface area contributed by atoms with E-state index in [1.165, 1.54) is 12.1 Å². The number of amides is 1. The molecular formula is C19H22F2N2O2. The van der Waals surface area contributed by atoms with Crippen LogP contribution in [-0.2, 0) is 16.1 Å². The number of primary amides is 1. The standard InChI is InChI=1S/C19H22F2N2O2/c1-3-16(25-11-13-6-14(20)8-15(21)7-13)5-4-12(2)17-9-18(17)23-10-19(22)24/h3-8,17-18,23H,2,9-11H2,1H3,(H2,22,24). The van der Waals surface area contributed by atoms with Gasteiger partial charge in [-0.05, 0) is 43.2 Å². The summed E-state index contributed by atoms with van der Waals surface area (Å²) in [5.74, 6) is -0.801. The Kier molecular flexibility index (Phi) is 6.47. The van der Waals surface area contributed by atoms with E-state index in [2.05, 4.69) is 11.9 Å². The van der Waals surface area contributed by atoms with Crippen LogP contribution >= 0.6 is 0 Å². The van der Waals surface area contributed by atoms with Crippen LogP contribution in [0.5, 0.6) is 0 Å². The SMILES string of the molecule is C=C(C=CC(=CC)OCc1cc(F)cc(F)c1)C1CC1NCC(N)=O. The summed E-state index contributed by atoms with van der Waals surface area (Å²) in [6, 6.07) is 3.51. The highest BCUT2D eigenvalue weighted by molar-refractivity contribution is 5.76. The monoisotopic (exact) mass is 348 g/mol. The van der Waals surface area contributed by atoms with Gasteiger partial charge in [-0.2, -0.15) is 0 Å². The topological polar surface area (TPSA) is 64.3 Å². The number of nitrogens with two attached hydrogens (primary N) is 1. The van der Waals surface area contributed by atoms with Crippen molar-refractivity contribution in [3.05, 3.63) is 71.5 Å². The minimum Gasteiger partial charge on any atom is -0.489 e. The molecule has 134 valence electrons. The minimum absolute atomic E-state index is 0.0669. The Balaban J connectivity index is 1.82. The van der Waals surface area contributed by atoms with Gasteiger partial charge in [0.2, 0.25) is 5.91 Å². The van der Waals surface area contributed by atoms with Crippen molar-refractivity contribution >= 4 is 5.91 Å². The van der Waals surface area contributed by atoms with Crippen molar-refractivity contribution in [1.29, 1.82) is 0 Å². The van der Waals surface area contributed by atoms with Gasteiger partial charge in [0.05, 0.1) is 6.54 Å². The van der Waals surface area contributed by atoms with Gasteiger partial charge in [0.1, 0.15) is 24.0 Å². The number of nitrogens with one attached hydrogen (secondary N) is 1. The molecule has 0 radical (unpaired) electrons. The number of allylic oxidation sites excluding steroid dienone is 3. The van der Waals surface area contributed by atoms with Crippen LogP contribution in [0.2, 0.25) is 0 Å². The highest BCUT2D eigenvalue weighted by Gasteiger charge is 2.37. The van der Waals surface area contributed by atoms with Gasteiger partial charge in [-0.15, -0.1) is 0 Å². The average Bonchev–Trinajstić information content (AvgIpc) is 3.31. The molecule has 0 aliphatic heterocycles. The van der Waals surface area contributed by atoms with Crippen molar-refractivity contribution < 1.29 is 18.3 Å². The van der Waals surface area contributed by atoms with E-state index in [4.69, 9.17) is 10.5 Å². The summed E-state index contributed by atoms with van der Waals surface area (Å²) < 4.78 is 31.9. The molecule has 1 aromatic carbocycles. The molecule has 1 aliphatic rings. The van der Waals surface area contributed by atoms with Gasteiger partial charge < -0.3 is 15.8 Å². The summed E-state index contributed by atoms with van der Waals surface area (Å²) in [5, 5.41) is 3.06. The van der Waals surface area contributed by atoms with Crippen LogP contribution in [-0.4, -0.2) is 18.5 Å². The van der Waals surface area contributed by atoms with E-state index in [1.807, 2.05) is 13.0 Å². The molecule has 6 heteroatoms. The summed E-state index contributed by atoms with van der Waals surface area (Å²) in [5.41, 5.74) is 6.43. The molecule has 1 aliphatic carbocycles. The molecule has 2 atom stereocenters. The van der Waals surface area contributed by atoms with Crippen LogP contribution in [0.3, 0.4) is 0 Å². The first-order chi connectivity index (χ1) is 11.9. The molecule has 0 spiro atoms. The molecule has 1 amide bonds. The second kappa shape index (κ2) is 8.58. The summed E-state index contributed by atoms with van der Waals surface area (Å²) in [4.78, 5) is 10.7. The summed E-state index contributed by atoms with van der Waals surface area (Å²) in [7, 11) is 0. The van der Waals surface area contributed by atoms with Gasteiger partial charge in [-0.1, -0.05) is 18.2 Å². The fourth-order valence-electron chi connectivity index (χ4n) is 2.46. The molecule has 0 heterocycles. The number of rotatable bonds is 9. The van der Waals surface area contributed by atoms with Gasteiger partial charge >= 0.3 is 0 Å². The molecular weight excluding hydrogens is 326 g/mol. The van der Waals surface area contributed by atoms with Crippen molar-refractivity contribution in [1.82, 2.24) is 5.32 Å². The highest BCUT2D eigenvalue weighted by atomic mass is 19.1. The van der Waals surface area contributed by atoms with Gasteiger partial charge in [0.25, 0.3) is 0 Å². The van der Waals surface area contributed by atoms with Crippen LogP contribution < -0.4 is 11.1 Å². The van der Waals surface area contributed by atoms with Crippen molar-refractivity contribution in [2.45, 2.75) is 26.0 Å². The maximum atomic E-state index is 13.2. The first kappa shape index (κ1) is 18.9. The normalized spacial score (nSPS) is 19.9. The van der Waals surface area contributed by atoms with E-state index in [0.717, 1.165) is 18.1 Å². The molecule has 0 bridgehead atoms. The lowest BCUT2D eigenvalue weighted by Gasteiger charge is -2.08. The number of carbonyl (C=O) groups is 1. The predicted molar refractivity (Wildman–Crippen MR) is 92.3 cm³/mol. The van der Waals surface area contributed by atoms with Gasteiger partial charge in [0.15, 0.2) is 0 Å². The van der Waals surface area contributed by atoms with Gasteiger partial charge in [0, 0.05) is 18.0 Å². The smallest absolute Gasteiger partial charge is 0.231 e. The van der Waals surface area contributed by atoms with Crippen LogP contribution in [0.4, 0.5) is 8.78 Å². The zero-order chi connectivity index (χ0) is 18.4. The van der Waals surface area contributed by atoms with E-state index in [-0.39, 0.29) is 31.0 Å². The third kappa shape index (κ3) is 6.15. The molecule has 1 aromatic rings. The van der Waals surface area contributed by atoms with Crippen LogP contribution in [0, 0.1) is 17.6 Å². The fourth-order valence-corrected chi connectivity index (χ4v) is 2.46. The van der Waals surface area contributed by atoms with E-state index in [0.29, 0.717) is 11.3 Å². The second-order valence-corrected chi connectivity index (χ2v) is 5.96. The van der Waals surface area contributed by atoms with Gasteiger partial charge in [-0.3, -0.25) is 4.79 Å². The Labute approximate surface area is 146 Å². The first-order valence-corrected chi connectivity index (χ1v) is 8.01. The molecule has 1 saturated carbocycles. The number of benzene rings is 1. The lowest BCUT2D eigenvalue weighted by molar-refractivity contribution is -0.117. The lowest BCUT2D eigenvalue weighted by atomic mass is 10.1. The van der Waals surface area contributed by atoms with Gasteiger partial charge in [-0.25, -0.2) is 8.78 Å². The molecule has 1 fully saturated rings. The Morgan fingerprint density at radius 3 is 2.64 bits per heavy atom. The molecule has 25 heavy (non-hydrogen) atoms. The largest absolute Gasteiger partial charge is 0.489 e. The first-order valence-electron chi connectivity index (χ1n) is 8.01. The quantitative estimate of drug-likeness (QED) is 0.533. The van der Waals surface area contributed by atoms with E-state index >= 15 is 0 Å². The zero-order valence-electron chi connectivity index (χ0n) is 14.1. The number of hydrogen-bond acceptors (Lipinski definition) is 3.